The van der Waals surface area contributed by atoms with E-state index in [4.69, 9.17) is 39.5 Å². The molecule has 0 fully saturated rings. The Morgan fingerprint density at radius 1 is 1.26 bits per heavy atom. The van der Waals surface area contributed by atoms with Crippen molar-refractivity contribution < 1.29 is 4.74 Å². The summed E-state index contributed by atoms with van der Waals surface area (Å²) in [7, 11) is 1.78. The van der Waals surface area contributed by atoms with E-state index in [1.807, 2.05) is 6.92 Å². The topological polar surface area (TPSA) is 27.1 Å². The summed E-state index contributed by atoms with van der Waals surface area (Å²) < 4.78 is 7.99. The zero-order valence-corrected chi connectivity index (χ0v) is 14.0. The molecule has 0 spiro atoms. The molecule has 0 unspecified atom stereocenters. The Kier molecular flexibility index (Phi) is 4.66. The van der Waals surface area contributed by atoms with Gasteiger partial charge >= 0.3 is 0 Å². The Morgan fingerprint density at radius 3 is 2.53 bits per heavy atom. The second-order valence-electron chi connectivity index (χ2n) is 3.96. The monoisotopic (exact) mass is 382 g/mol. The van der Waals surface area contributed by atoms with Crippen LogP contribution in [0.15, 0.2) is 16.6 Å². The van der Waals surface area contributed by atoms with Gasteiger partial charge < -0.3 is 4.74 Å². The van der Waals surface area contributed by atoms with Gasteiger partial charge in [0.25, 0.3) is 0 Å². The average molecular weight is 384 g/mol. The summed E-state index contributed by atoms with van der Waals surface area (Å²) in [6.45, 7) is 2.16. The number of halogens is 4. The first-order valence-corrected chi connectivity index (χ1v) is 7.28. The number of hydrogen-bond donors (Lipinski definition) is 0. The lowest BCUT2D eigenvalue weighted by atomic mass is 10.3. The minimum atomic E-state index is 0.288. The van der Waals surface area contributed by atoms with E-state index in [-0.39, 0.29) is 6.61 Å². The molecule has 0 radical (unpaired) electrons. The van der Waals surface area contributed by atoms with Crippen molar-refractivity contribution in [2.24, 2.45) is 7.05 Å². The average Bonchev–Trinajstić information content (AvgIpc) is 2.57. The second-order valence-corrected chi connectivity index (χ2v) is 5.99. The first-order valence-electron chi connectivity index (χ1n) is 5.35. The molecule has 2 aromatic rings. The summed E-state index contributed by atoms with van der Waals surface area (Å²) in [5.41, 5.74) is 1.66. The number of aryl methyl sites for hydroxylation is 2. The van der Waals surface area contributed by atoms with E-state index in [0.29, 0.717) is 20.9 Å². The molecule has 19 heavy (non-hydrogen) atoms. The third-order valence-electron chi connectivity index (χ3n) is 2.62. The van der Waals surface area contributed by atoms with Crippen molar-refractivity contribution in [1.29, 1.82) is 0 Å². The highest BCUT2D eigenvalue weighted by atomic mass is 79.9. The van der Waals surface area contributed by atoms with Crippen LogP contribution >= 0.6 is 50.7 Å². The van der Waals surface area contributed by atoms with Crippen LogP contribution in [-0.4, -0.2) is 9.78 Å². The summed E-state index contributed by atoms with van der Waals surface area (Å²) in [6.07, 6.45) is 0. The van der Waals surface area contributed by atoms with Crippen LogP contribution in [0.5, 0.6) is 5.75 Å². The maximum atomic E-state index is 6.13. The Labute approximate surface area is 134 Å². The highest BCUT2D eigenvalue weighted by Crippen LogP contribution is 2.34. The molecular weight excluding hydrogens is 374 g/mol. The molecule has 1 aromatic heterocycles. The van der Waals surface area contributed by atoms with Crippen LogP contribution in [-0.2, 0) is 13.7 Å². The zero-order valence-electron chi connectivity index (χ0n) is 10.2. The number of benzene rings is 1. The van der Waals surface area contributed by atoms with E-state index in [1.165, 1.54) is 0 Å². The lowest BCUT2D eigenvalue weighted by molar-refractivity contribution is 0.305. The molecule has 1 aromatic carbocycles. The quantitative estimate of drug-likeness (QED) is 0.694. The van der Waals surface area contributed by atoms with Gasteiger partial charge in [0.05, 0.1) is 15.7 Å². The first kappa shape index (κ1) is 15.0. The van der Waals surface area contributed by atoms with Crippen molar-refractivity contribution >= 4 is 50.7 Å². The van der Waals surface area contributed by atoms with Crippen LogP contribution in [0.4, 0.5) is 0 Å². The number of aromatic nitrogens is 2. The van der Waals surface area contributed by atoms with E-state index >= 15 is 0 Å². The molecule has 0 saturated carbocycles. The summed E-state index contributed by atoms with van der Waals surface area (Å²) in [6, 6.07) is 3.35. The van der Waals surface area contributed by atoms with Crippen molar-refractivity contribution in [2.45, 2.75) is 13.5 Å². The van der Waals surface area contributed by atoms with Gasteiger partial charge in [-0.2, -0.15) is 5.10 Å². The summed E-state index contributed by atoms with van der Waals surface area (Å²) >= 11 is 21.5. The number of nitrogens with zero attached hydrogens (tertiary/aromatic N) is 2. The largest absolute Gasteiger partial charge is 0.487 e. The van der Waals surface area contributed by atoms with Crippen LogP contribution in [0.2, 0.25) is 15.2 Å². The minimum Gasteiger partial charge on any atom is -0.487 e. The minimum absolute atomic E-state index is 0.288. The van der Waals surface area contributed by atoms with Crippen LogP contribution in [0.3, 0.4) is 0 Å². The van der Waals surface area contributed by atoms with E-state index in [1.54, 1.807) is 23.9 Å². The molecule has 102 valence electrons. The van der Waals surface area contributed by atoms with Crippen molar-refractivity contribution in [1.82, 2.24) is 9.78 Å². The predicted octanol–water partition coefficient (Wildman–Crippen LogP) is 5.03. The van der Waals surface area contributed by atoms with Gasteiger partial charge in [0.2, 0.25) is 0 Å². The van der Waals surface area contributed by atoms with Crippen LogP contribution in [0, 0.1) is 6.92 Å². The van der Waals surface area contributed by atoms with E-state index in [9.17, 15) is 0 Å². The van der Waals surface area contributed by atoms with Gasteiger partial charge in [-0.15, -0.1) is 0 Å². The second kappa shape index (κ2) is 5.92. The van der Waals surface area contributed by atoms with Crippen molar-refractivity contribution in [3.63, 3.8) is 0 Å². The molecule has 0 atom stereocenters. The normalized spacial score (nSPS) is 10.8. The zero-order chi connectivity index (χ0) is 14.2. The van der Waals surface area contributed by atoms with Crippen LogP contribution in [0.25, 0.3) is 0 Å². The lowest BCUT2D eigenvalue weighted by Crippen LogP contribution is -1.98. The van der Waals surface area contributed by atoms with Gasteiger partial charge in [-0.05, 0) is 28.9 Å². The Hall–Kier alpha value is -0.420. The molecule has 0 saturated heterocycles. The maximum absolute atomic E-state index is 6.13. The molecule has 0 bridgehead atoms. The molecule has 1 heterocycles. The van der Waals surface area contributed by atoms with Gasteiger partial charge in [0.15, 0.2) is 0 Å². The SMILES string of the molecule is Cc1nn(C)c(Cl)c1COc1cc(Cl)c(Br)cc1Cl. The summed E-state index contributed by atoms with van der Waals surface area (Å²) in [5, 5.41) is 5.78. The molecule has 2 rings (SSSR count). The van der Waals surface area contributed by atoms with Crippen molar-refractivity contribution in [2.75, 3.05) is 0 Å². The van der Waals surface area contributed by atoms with Gasteiger partial charge in [-0.1, -0.05) is 34.8 Å². The molecule has 3 nitrogen and oxygen atoms in total. The van der Waals surface area contributed by atoms with Gasteiger partial charge in [-0.25, -0.2) is 0 Å². The van der Waals surface area contributed by atoms with Gasteiger partial charge in [0, 0.05) is 23.2 Å². The standard InChI is InChI=1S/C12H10BrCl3N2O/c1-6-7(12(16)18(2)17-6)5-19-11-4-9(14)8(13)3-10(11)15/h3-4H,5H2,1-2H3. The van der Waals surface area contributed by atoms with E-state index in [0.717, 1.165) is 15.7 Å². The Balaban J connectivity index is 2.21. The molecule has 7 heteroatoms. The summed E-state index contributed by atoms with van der Waals surface area (Å²) in [4.78, 5) is 0. The van der Waals surface area contributed by atoms with Crippen LogP contribution < -0.4 is 4.74 Å². The molecule has 0 N–H and O–H groups in total. The summed E-state index contributed by atoms with van der Waals surface area (Å²) in [5.74, 6) is 0.509. The fourth-order valence-corrected chi connectivity index (χ4v) is 2.68. The van der Waals surface area contributed by atoms with E-state index < -0.39 is 0 Å². The first-order chi connectivity index (χ1) is 8.90. The third kappa shape index (κ3) is 3.19. The molecular formula is C12H10BrCl3N2O. The fraction of sp³-hybridized carbons (Fsp3) is 0.250. The predicted molar refractivity (Wildman–Crippen MR) is 81.4 cm³/mol. The maximum Gasteiger partial charge on any atom is 0.139 e. The van der Waals surface area contributed by atoms with Crippen LogP contribution in [0.1, 0.15) is 11.3 Å². The van der Waals surface area contributed by atoms with Crippen molar-refractivity contribution in [3.05, 3.63) is 43.1 Å². The number of ether oxygens (including phenoxy) is 1. The van der Waals surface area contributed by atoms with Gasteiger partial charge in [-0.3, -0.25) is 4.68 Å². The van der Waals surface area contributed by atoms with Gasteiger partial charge in [0.1, 0.15) is 17.5 Å². The molecule has 0 aliphatic carbocycles. The molecule has 0 aliphatic rings. The fourth-order valence-electron chi connectivity index (χ4n) is 1.60. The Bertz CT molecular complexity index is 628. The van der Waals surface area contributed by atoms with Crippen molar-refractivity contribution in [3.8, 4) is 5.75 Å². The lowest BCUT2D eigenvalue weighted by Gasteiger charge is -2.09. The Morgan fingerprint density at radius 2 is 1.95 bits per heavy atom. The van der Waals surface area contributed by atoms with E-state index in [2.05, 4.69) is 21.0 Å². The number of hydrogen-bond acceptors (Lipinski definition) is 2. The third-order valence-corrected chi connectivity index (χ3v) is 4.58. The highest BCUT2D eigenvalue weighted by Gasteiger charge is 2.13. The smallest absolute Gasteiger partial charge is 0.139 e. The molecule has 0 aliphatic heterocycles. The number of rotatable bonds is 3. The highest BCUT2D eigenvalue weighted by molar-refractivity contribution is 9.10. The molecule has 0 amide bonds.